The summed E-state index contributed by atoms with van der Waals surface area (Å²) in [5, 5.41) is 4.98. The van der Waals surface area contributed by atoms with Gasteiger partial charge in [-0.3, -0.25) is 4.79 Å². The summed E-state index contributed by atoms with van der Waals surface area (Å²) in [5.74, 6) is -0.316. The fourth-order valence-corrected chi connectivity index (χ4v) is 6.34. The van der Waals surface area contributed by atoms with Crippen molar-refractivity contribution in [1.82, 2.24) is 10.0 Å². The van der Waals surface area contributed by atoms with Gasteiger partial charge >= 0.3 is 0 Å². The van der Waals surface area contributed by atoms with Crippen molar-refractivity contribution >= 4 is 43.2 Å². The minimum atomic E-state index is -3.74. The number of sulfonamides is 1. The molecule has 1 saturated carbocycles. The van der Waals surface area contributed by atoms with E-state index in [4.69, 9.17) is 0 Å². The Morgan fingerprint density at radius 1 is 1.15 bits per heavy atom. The Labute approximate surface area is 166 Å². The van der Waals surface area contributed by atoms with Gasteiger partial charge in [-0.2, -0.15) is 0 Å². The molecule has 3 rings (SSSR count). The lowest BCUT2D eigenvalue weighted by Crippen LogP contribution is -2.43. The fraction of sp³-hybridized carbons (Fsp3) is 0.389. The second kappa shape index (κ2) is 8.21. The number of carbonyl (C=O) groups excluding carboxylic acids is 1. The van der Waals surface area contributed by atoms with Gasteiger partial charge in [-0.25, -0.2) is 13.1 Å². The quantitative estimate of drug-likeness (QED) is 0.669. The average molecular weight is 457 g/mol. The third kappa shape index (κ3) is 4.36. The van der Waals surface area contributed by atoms with Crippen molar-refractivity contribution in [1.29, 1.82) is 0 Å². The Kier molecular flexibility index (Phi) is 6.17. The molecule has 2 N–H and O–H groups in total. The SMILES string of the molecule is O=C(CNS(=O)(=O)c1ccccc1Br)NCC1(c2cccs2)CCCC1. The predicted octanol–water partition coefficient (Wildman–Crippen LogP) is 3.42. The summed E-state index contributed by atoms with van der Waals surface area (Å²) in [7, 11) is -3.74. The molecule has 1 amide bonds. The van der Waals surface area contributed by atoms with E-state index in [1.165, 1.54) is 10.9 Å². The van der Waals surface area contributed by atoms with Gasteiger partial charge in [0, 0.05) is 21.3 Å². The minimum absolute atomic E-state index is 0.00877. The first-order valence-electron chi connectivity index (χ1n) is 8.48. The Bertz CT molecular complexity index is 860. The number of amides is 1. The summed E-state index contributed by atoms with van der Waals surface area (Å²) in [5.41, 5.74) is -0.00877. The zero-order valence-electron chi connectivity index (χ0n) is 14.2. The van der Waals surface area contributed by atoms with E-state index >= 15 is 0 Å². The first-order valence-corrected chi connectivity index (χ1v) is 11.6. The van der Waals surface area contributed by atoms with Crippen molar-refractivity contribution in [3.63, 3.8) is 0 Å². The summed E-state index contributed by atoms with van der Waals surface area (Å²) in [6, 6.07) is 10.7. The number of carbonyl (C=O) groups is 1. The summed E-state index contributed by atoms with van der Waals surface area (Å²) < 4.78 is 27.5. The van der Waals surface area contributed by atoms with Crippen LogP contribution in [0, 0.1) is 0 Å². The molecular weight excluding hydrogens is 436 g/mol. The van der Waals surface area contributed by atoms with Crippen LogP contribution in [-0.2, 0) is 20.2 Å². The highest BCUT2D eigenvalue weighted by atomic mass is 79.9. The monoisotopic (exact) mass is 456 g/mol. The predicted molar refractivity (Wildman–Crippen MR) is 107 cm³/mol. The Morgan fingerprint density at radius 2 is 1.88 bits per heavy atom. The van der Waals surface area contributed by atoms with Gasteiger partial charge in [0.05, 0.1) is 11.4 Å². The summed E-state index contributed by atoms with van der Waals surface area (Å²) in [4.78, 5) is 13.6. The highest BCUT2D eigenvalue weighted by Gasteiger charge is 2.36. The molecule has 0 bridgehead atoms. The topological polar surface area (TPSA) is 75.3 Å². The number of halogens is 1. The van der Waals surface area contributed by atoms with Crippen molar-refractivity contribution in [3.8, 4) is 0 Å². The van der Waals surface area contributed by atoms with E-state index in [1.807, 2.05) is 6.07 Å². The molecule has 0 unspecified atom stereocenters. The van der Waals surface area contributed by atoms with Gasteiger partial charge in [-0.1, -0.05) is 31.0 Å². The third-order valence-electron chi connectivity index (χ3n) is 4.78. The van der Waals surface area contributed by atoms with Crippen LogP contribution in [0.3, 0.4) is 0 Å². The molecule has 0 saturated heterocycles. The highest BCUT2D eigenvalue weighted by Crippen LogP contribution is 2.42. The van der Waals surface area contributed by atoms with Gasteiger partial charge in [0.15, 0.2) is 0 Å². The molecule has 1 fully saturated rings. The smallest absolute Gasteiger partial charge is 0.242 e. The maximum atomic E-state index is 12.3. The molecule has 1 heterocycles. The maximum Gasteiger partial charge on any atom is 0.242 e. The molecule has 2 aromatic rings. The van der Waals surface area contributed by atoms with Gasteiger partial charge < -0.3 is 5.32 Å². The lowest BCUT2D eigenvalue weighted by atomic mass is 9.84. The van der Waals surface area contributed by atoms with E-state index < -0.39 is 10.0 Å². The van der Waals surface area contributed by atoms with E-state index in [-0.39, 0.29) is 22.8 Å². The molecule has 0 spiro atoms. The number of benzene rings is 1. The van der Waals surface area contributed by atoms with E-state index in [9.17, 15) is 13.2 Å². The normalized spacial score (nSPS) is 16.5. The van der Waals surface area contributed by atoms with Crippen LogP contribution in [0.15, 0.2) is 51.1 Å². The molecule has 1 aliphatic rings. The van der Waals surface area contributed by atoms with Crippen molar-refractivity contribution in [2.75, 3.05) is 13.1 Å². The van der Waals surface area contributed by atoms with E-state index in [2.05, 4.69) is 37.4 Å². The second-order valence-corrected chi connectivity index (χ2v) is 10.0. The zero-order chi connectivity index (χ0) is 18.6. The Hall–Kier alpha value is -1.22. The number of hydrogen-bond acceptors (Lipinski definition) is 4. The summed E-state index contributed by atoms with van der Waals surface area (Å²) in [6.45, 7) is 0.271. The van der Waals surface area contributed by atoms with Crippen molar-refractivity contribution in [2.45, 2.75) is 36.0 Å². The van der Waals surface area contributed by atoms with Gasteiger partial charge in [-0.15, -0.1) is 11.3 Å². The molecule has 0 atom stereocenters. The molecule has 0 aliphatic heterocycles. The first kappa shape index (κ1) is 19.5. The van der Waals surface area contributed by atoms with Gasteiger partial charge in [0.2, 0.25) is 15.9 Å². The van der Waals surface area contributed by atoms with Crippen LogP contribution in [-0.4, -0.2) is 27.4 Å². The van der Waals surface area contributed by atoms with Crippen LogP contribution < -0.4 is 10.0 Å². The van der Waals surface area contributed by atoms with Crippen LogP contribution in [0.1, 0.15) is 30.6 Å². The van der Waals surface area contributed by atoms with Gasteiger partial charge in [-0.05, 0) is 52.4 Å². The molecule has 1 aromatic carbocycles. The molecule has 26 heavy (non-hydrogen) atoms. The standard InChI is InChI=1S/C18H21BrN2O3S2/c19-14-6-1-2-7-15(14)26(23,24)21-12-17(22)20-13-18(9-3-4-10-18)16-8-5-11-25-16/h1-2,5-8,11,21H,3-4,9-10,12-13H2,(H,20,22). The first-order chi connectivity index (χ1) is 12.4. The van der Waals surface area contributed by atoms with E-state index in [0.717, 1.165) is 25.7 Å². The number of thiophene rings is 1. The molecule has 5 nitrogen and oxygen atoms in total. The minimum Gasteiger partial charge on any atom is -0.354 e. The third-order valence-corrected chi connectivity index (χ3v) is 8.31. The summed E-state index contributed by atoms with van der Waals surface area (Å²) in [6.07, 6.45) is 4.41. The Morgan fingerprint density at radius 3 is 2.54 bits per heavy atom. The number of hydrogen-bond donors (Lipinski definition) is 2. The molecule has 140 valence electrons. The van der Waals surface area contributed by atoms with Crippen molar-refractivity contribution in [3.05, 3.63) is 51.1 Å². The van der Waals surface area contributed by atoms with Gasteiger partial charge in [0.25, 0.3) is 0 Å². The second-order valence-electron chi connectivity index (χ2n) is 6.50. The number of nitrogens with one attached hydrogen (secondary N) is 2. The molecule has 1 aromatic heterocycles. The number of rotatable bonds is 7. The molecule has 1 aliphatic carbocycles. The molecule has 8 heteroatoms. The zero-order valence-corrected chi connectivity index (χ0v) is 17.4. The molecular formula is C18H21BrN2O3S2. The van der Waals surface area contributed by atoms with Crippen LogP contribution in [0.4, 0.5) is 0 Å². The van der Waals surface area contributed by atoms with Gasteiger partial charge in [0.1, 0.15) is 0 Å². The fourth-order valence-electron chi connectivity index (χ4n) is 3.37. The lowest BCUT2D eigenvalue weighted by Gasteiger charge is -2.28. The highest BCUT2D eigenvalue weighted by molar-refractivity contribution is 9.10. The van der Waals surface area contributed by atoms with Crippen LogP contribution in [0.25, 0.3) is 0 Å². The van der Waals surface area contributed by atoms with Crippen LogP contribution >= 0.6 is 27.3 Å². The van der Waals surface area contributed by atoms with Crippen molar-refractivity contribution < 1.29 is 13.2 Å². The Balaban J connectivity index is 1.58. The largest absolute Gasteiger partial charge is 0.354 e. The average Bonchev–Trinajstić information content (AvgIpc) is 3.30. The summed E-state index contributed by atoms with van der Waals surface area (Å²) >= 11 is 4.94. The van der Waals surface area contributed by atoms with E-state index in [1.54, 1.807) is 29.5 Å². The van der Waals surface area contributed by atoms with Crippen LogP contribution in [0.5, 0.6) is 0 Å². The van der Waals surface area contributed by atoms with Crippen LogP contribution in [0.2, 0.25) is 0 Å². The maximum absolute atomic E-state index is 12.3. The molecule has 0 radical (unpaired) electrons. The lowest BCUT2D eigenvalue weighted by molar-refractivity contribution is -0.120. The van der Waals surface area contributed by atoms with Crippen molar-refractivity contribution in [2.24, 2.45) is 0 Å². The van der Waals surface area contributed by atoms with E-state index in [0.29, 0.717) is 11.0 Å².